The van der Waals surface area contributed by atoms with Crippen molar-refractivity contribution in [3.63, 3.8) is 0 Å². The Bertz CT molecular complexity index is 354. The van der Waals surface area contributed by atoms with Crippen LogP contribution in [0.4, 0.5) is 5.69 Å². The summed E-state index contributed by atoms with van der Waals surface area (Å²) in [6, 6.07) is 3.90. The van der Waals surface area contributed by atoms with Crippen molar-refractivity contribution in [2.75, 3.05) is 5.32 Å². The van der Waals surface area contributed by atoms with Crippen molar-refractivity contribution in [3.05, 3.63) is 26.6 Å². The molecule has 1 rings (SSSR count). The molecule has 0 aromatic heterocycles. The maximum Gasteiger partial charge on any atom is 0.224 e. The minimum Gasteiger partial charge on any atom is -0.325 e. The molecule has 1 N–H and O–H groups in total. The highest BCUT2D eigenvalue weighted by molar-refractivity contribution is 9.11. The Labute approximate surface area is 107 Å². The highest BCUT2D eigenvalue weighted by atomic mass is 79.9. The van der Waals surface area contributed by atoms with E-state index in [-0.39, 0.29) is 5.91 Å². The second-order valence-electron chi connectivity index (χ2n) is 3.38. The van der Waals surface area contributed by atoms with Gasteiger partial charge in [-0.1, -0.05) is 22.9 Å². The van der Waals surface area contributed by atoms with Gasteiger partial charge in [-0.2, -0.15) is 0 Å². The molecule has 0 aliphatic heterocycles. The highest BCUT2D eigenvalue weighted by Gasteiger charge is 2.08. The van der Waals surface area contributed by atoms with Gasteiger partial charge in [0.05, 0.1) is 5.69 Å². The number of carbonyl (C=O) groups is 1. The summed E-state index contributed by atoms with van der Waals surface area (Å²) < 4.78 is 1.90. The SMILES string of the molecule is CCCC(=O)Nc1c(C)cc(Br)cc1Br. The minimum atomic E-state index is 0.0589. The van der Waals surface area contributed by atoms with Crippen LogP contribution in [0, 0.1) is 6.92 Å². The van der Waals surface area contributed by atoms with Crippen LogP contribution in [0.5, 0.6) is 0 Å². The van der Waals surface area contributed by atoms with Crippen molar-refractivity contribution in [1.29, 1.82) is 0 Å². The third-order valence-electron chi connectivity index (χ3n) is 1.99. The summed E-state index contributed by atoms with van der Waals surface area (Å²) in [6.07, 6.45) is 1.42. The Hall–Kier alpha value is -0.350. The number of hydrogen-bond donors (Lipinski definition) is 1. The zero-order valence-electron chi connectivity index (χ0n) is 8.73. The van der Waals surface area contributed by atoms with Gasteiger partial charge in [-0.05, 0) is 47.0 Å². The fourth-order valence-electron chi connectivity index (χ4n) is 1.29. The van der Waals surface area contributed by atoms with Crippen molar-refractivity contribution in [2.45, 2.75) is 26.7 Å². The van der Waals surface area contributed by atoms with E-state index in [2.05, 4.69) is 37.2 Å². The Balaban J connectivity index is 2.90. The van der Waals surface area contributed by atoms with Crippen molar-refractivity contribution in [3.8, 4) is 0 Å². The summed E-state index contributed by atoms with van der Waals surface area (Å²) in [5.41, 5.74) is 1.90. The molecule has 0 saturated carbocycles. The summed E-state index contributed by atoms with van der Waals surface area (Å²) in [6.45, 7) is 3.96. The molecule has 15 heavy (non-hydrogen) atoms. The van der Waals surface area contributed by atoms with Gasteiger partial charge < -0.3 is 5.32 Å². The van der Waals surface area contributed by atoms with E-state index in [1.165, 1.54) is 0 Å². The lowest BCUT2D eigenvalue weighted by atomic mass is 10.2. The van der Waals surface area contributed by atoms with Gasteiger partial charge in [-0.3, -0.25) is 4.79 Å². The third kappa shape index (κ3) is 3.61. The molecule has 2 nitrogen and oxygen atoms in total. The van der Waals surface area contributed by atoms with Gasteiger partial charge in [0.25, 0.3) is 0 Å². The molecular formula is C11H13Br2NO. The molecular weight excluding hydrogens is 322 g/mol. The summed E-state index contributed by atoms with van der Waals surface area (Å²) in [4.78, 5) is 11.5. The van der Waals surface area contributed by atoms with E-state index in [9.17, 15) is 4.79 Å². The lowest BCUT2D eigenvalue weighted by Gasteiger charge is -2.10. The Kier molecular flexibility index (Phi) is 4.80. The van der Waals surface area contributed by atoms with Crippen LogP contribution in [0.25, 0.3) is 0 Å². The second kappa shape index (κ2) is 5.66. The number of anilines is 1. The molecule has 1 amide bonds. The second-order valence-corrected chi connectivity index (χ2v) is 5.15. The van der Waals surface area contributed by atoms with Crippen molar-refractivity contribution < 1.29 is 4.79 Å². The highest BCUT2D eigenvalue weighted by Crippen LogP contribution is 2.30. The molecule has 0 radical (unpaired) electrons. The first-order chi connectivity index (χ1) is 7.04. The fraction of sp³-hybridized carbons (Fsp3) is 0.364. The predicted molar refractivity (Wildman–Crippen MR) is 70.1 cm³/mol. The summed E-state index contributed by atoms with van der Waals surface area (Å²) in [5, 5.41) is 2.90. The van der Waals surface area contributed by atoms with E-state index >= 15 is 0 Å². The first-order valence-electron chi connectivity index (χ1n) is 4.80. The van der Waals surface area contributed by atoms with E-state index in [0.29, 0.717) is 6.42 Å². The van der Waals surface area contributed by atoms with Gasteiger partial charge in [-0.15, -0.1) is 0 Å². The van der Waals surface area contributed by atoms with Gasteiger partial charge in [0.15, 0.2) is 0 Å². The number of hydrogen-bond acceptors (Lipinski definition) is 1. The van der Waals surface area contributed by atoms with Crippen LogP contribution in [0.3, 0.4) is 0 Å². The molecule has 0 bridgehead atoms. The molecule has 0 unspecified atom stereocenters. The lowest BCUT2D eigenvalue weighted by molar-refractivity contribution is -0.116. The summed E-state index contributed by atoms with van der Waals surface area (Å²) in [7, 11) is 0. The van der Waals surface area contributed by atoms with Crippen LogP contribution in [-0.4, -0.2) is 5.91 Å². The Morgan fingerprint density at radius 2 is 2.07 bits per heavy atom. The molecule has 0 saturated heterocycles. The first-order valence-corrected chi connectivity index (χ1v) is 6.38. The molecule has 0 aliphatic carbocycles. The molecule has 82 valence electrons. The lowest BCUT2D eigenvalue weighted by Crippen LogP contribution is -2.12. The zero-order chi connectivity index (χ0) is 11.4. The average molecular weight is 335 g/mol. The number of aryl methyl sites for hydroxylation is 1. The van der Waals surface area contributed by atoms with Crippen LogP contribution in [-0.2, 0) is 4.79 Å². The van der Waals surface area contributed by atoms with Crippen LogP contribution in [0.15, 0.2) is 21.1 Å². The van der Waals surface area contributed by atoms with Crippen molar-refractivity contribution in [2.24, 2.45) is 0 Å². The first kappa shape index (κ1) is 12.7. The number of amides is 1. The molecule has 1 aromatic rings. The molecule has 4 heteroatoms. The minimum absolute atomic E-state index is 0.0589. The van der Waals surface area contributed by atoms with Crippen LogP contribution < -0.4 is 5.32 Å². The topological polar surface area (TPSA) is 29.1 Å². The molecule has 1 aromatic carbocycles. The van der Waals surface area contributed by atoms with Crippen LogP contribution in [0.1, 0.15) is 25.3 Å². The molecule has 0 fully saturated rings. The largest absolute Gasteiger partial charge is 0.325 e. The Morgan fingerprint density at radius 3 is 2.60 bits per heavy atom. The average Bonchev–Trinajstić information content (AvgIpc) is 2.11. The predicted octanol–water partition coefficient (Wildman–Crippen LogP) is 4.26. The van der Waals surface area contributed by atoms with Gasteiger partial charge in [0, 0.05) is 15.4 Å². The molecule has 0 atom stereocenters. The monoisotopic (exact) mass is 333 g/mol. The van der Waals surface area contributed by atoms with Crippen molar-refractivity contribution >= 4 is 43.5 Å². The zero-order valence-corrected chi connectivity index (χ0v) is 11.9. The summed E-state index contributed by atoms with van der Waals surface area (Å²) >= 11 is 6.83. The quantitative estimate of drug-likeness (QED) is 0.879. The van der Waals surface area contributed by atoms with Gasteiger partial charge in [-0.25, -0.2) is 0 Å². The van der Waals surface area contributed by atoms with Crippen molar-refractivity contribution in [1.82, 2.24) is 0 Å². The van der Waals surface area contributed by atoms with E-state index in [1.54, 1.807) is 0 Å². The van der Waals surface area contributed by atoms with E-state index in [0.717, 1.165) is 26.6 Å². The van der Waals surface area contributed by atoms with Crippen LogP contribution >= 0.6 is 31.9 Å². The normalized spacial score (nSPS) is 10.1. The fourth-order valence-corrected chi connectivity index (χ4v) is 2.83. The summed E-state index contributed by atoms with van der Waals surface area (Å²) in [5.74, 6) is 0.0589. The number of rotatable bonds is 3. The van der Waals surface area contributed by atoms with E-state index in [4.69, 9.17) is 0 Å². The van der Waals surface area contributed by atoms with Crippen LogP contribution in [0.2, 0.25) is 0 Å². The standard InChI is InChI=1S/C11H13Br2NO/c1-3-4-10(15)14-11-7(2)5-8(12)6-9(11)13/h5-6H,3-4H2,1-2H3,(H,14,15). The maximum absolute atomic E-state index is 11.5. The maximum atomic E-state index is 11.5. The number of benzene rings is 1. The number of halogens is 2. The molecule has 0 aliphatic rings. The van der Waals surface area contributed by atoms with Gasteiger partial charge in [0.1, 0.15) is 0 Å². The number of nitrogens with one attached hydrogen (secondary N) is 1. The van der Waals surface area contributed by atoms with Gasteiger partial charge >= 0.3 is 0 Å². The number of carbonyl (C=O) groups excluding carboxylic acids is 1. The Morgan fingerprint density at radius 1 is 1.40 bits per heavy atom. The smallest absolute Gasteiger partial charge is 0.224 e. The van der Waals surface area contributed by atoms with Gasteiger partial charge in [0.2, 0.25) is 5.91 Å². The van der Waals surface area contributed by atoms with E-state index in [1.807, 2.05) is 26.0 Å². The van der Waals surface area contributed by atoms with E-state index < -0.39 is 0 Å². The third-order valence-corrected chi connectivity index (χ3v) is 3.08. The molecule has 0 spiro atoms. The molecule has 0 heterocycles.